The average molecular weight is 218 g/mol. The molecule has 0 aromatic carbocycles. The average Bonchev–Trinajstić information content (AvgIpc) is 2.78. The molecule has 1 N–H and O–H groups in total. The lowest BCUT2D eigenvalue weighted by atomic mass is 9.80. The molecule has 0 aliphatic heterocycles. The minimum Gasteiger partial charge on any atom is -0.262 e. The summed E-state index contributed by atoms with van der Waals surface area (Å²) in [6.45, 7) is 2.27. The normalized spacial score (nSPS) is 25.2. The molecule has 2 rings (SSSR count). The van der Waals surface area contributed by atoms with Crippen LogP contribution in [0.1, 0.15) is 56.6 Å². The van der Waals surface area contributed by atoms with Crippen LogP contribution in [0, 0.1) is 17.2 Å². The van der Waals surface area contributed by atoms with Crippen LogP contribution in [0.2, 0.25) is 0 Å². The summed E-state index contributed by atoms with van der Waals surface area (Å²) >= 11 is 0. The van der Waals surface area contributed by atoms with Gasteiger partial charge in [0, 0.05) is 5.92 Å². The summed E-state index contributed by atoms with van der Waals surface area (Å²) in [6.07, 6.45) is 6.61. The van der Waals surface area contributed by atoms with Crippen molar-refractivity contribution in [2.24, 2.45) is 5.92 Å². The third kappa shape index (κ3) is 2.41. The maximum atomic E-state index is 8.57. The standard InChI is InChI=1S/C12H18N4/c1-2-9-3-5-10(6-4-9)12-14-11(7-8-13)15-16-12/h9-10H,2-7H2,1H3,(H,14,15,16). The zero-order valence-corrected chi connectivity index (χ0v) is 9.74. The van der Waals surface area contributed by atoms with E-state index in [-0.39, 0.29) is 0 Å². The van der Waals surface area contributed by atoms with Crippen molar-refractivity contribution >= 4 is 0 Å². The maximum absolute atomic E-state index is 8.57. The minimum atomic E-state index is 0.331. The fraction of sp³-hybridized carbons (Fsp3) is 0.750. The molecule has 1 fully saturated rings. The molecule has 16 heavy (non-hydrogen) atoms. The molecule has 0 radical (unpaired) electrons. The summed E-state index contributed by atoms with van der Waals surface area (Å²) in [5.41, 5.74) is 0. The molecule has 0 spiro atoms. The van der Waals surface area contributed by atoms with E-state index < -0.39 is 0 Å². The van der Waals surface area contributed by atoms with E-state index in [1.54, 1.807) is 0 Å². The molecule has 4 nitrogen and oxygen atoms in total. The van der Waals surface area contributed by atoms with Gasteiger partial charge in [-0.3, -0.25) is 5.10 Å². The molecule has 1 heterocycles. The van der Waals surface area contributed by atoms with Crippen LogP contribution in [0.15, 0.2) is 0 Å². The highest BCUT2D eigenvalue weighted by Crippen LogP contribution is 2.35. The predicted octanol–water partition coefficient (Wildman–Crippen LogP) is 2.55. The smallest absolute Gasteiger partial charge is 0.153 e. The van der Waals surface area contributed by atoms with Gasteiger partial charge in [0.25, 0.3) is 0 Å². The summed E-state index contributed by atoms with van der Waals surface area (Å²) in [4.78, 5) is 4.39. The highest BCUT2D eigenvalue weighted by atomic mass is 15.2. The van der Waals surface area contributed by atoms with E-state index in [4.69, 9.17) is 5.26 Å². The van der Waals surface area contributed by atoms with Crippen LogP contribution in [-0.2, 0) is 6.42 Å². The molecule has 1 aliphatic rings. The predicted molar refractivity (Wildman–Crippen MR) is 60.7 cm³/mol. The van der Waals surface area contributed by atoms with E-state index in [2.05, 4.69) is 28.2 Å². The molecular weight excluding hydrogens is 200 g/mol. The van der Waals surface area contributed by atoms with Gasteiger partial charge >= 0.3 is 0 Å². The Morgan fingerprint density at radius 1 is 1.38 bits per heavy atom. The van der Waals surface area contributed by atoms with Crippen LogP contribution in [-0.4, -0.2) is 15.2 Å². The molecule has 0 unspecified atom stereocenters. The molecule has 0 atom stereocenters. The van der Waals surface area contributed by atoms with Crippen LogP contribution in [0.4, 0.5) is 0 Å². The summed E-state index contributed by atoms with van der Waals surface area (Å²) in [6, 6.07) is 2.08. The minimum absolute atomic E-state index is 0.331. The SMILES string of the molecule is CCC1CCC(c2n[nH]c(CC#N)n2)CC1. The zero-order valence-electron chi connectivity index (χ0n) is 9.74. The number of hydrogen-bond donors (Lipinski definition) is 1. The van der Waals surface area contributed by atoms with Crippen molar-refractivity contribution < 1.29 is 0 Å². The molecule has 0 amide bonds. The van der Waals surface area contributed by atoms with Gasteiger partial charge in [-0.2, -0.15) is 10.4 Å². The van der Waals surface area contributed by atoms with Gasteiger partial charge in [0.05, 0.1) is 12.5 Å². The topological polar surface area (TPSA) is 65.4 Å². The number of rotatable bonds is 3. The lowest BCUT2D eigenvalue weighted by molar-refractivity contribution is 0.312. The fourth-order valence-electron chi connectivity index (χ4n) is 2.48. The fourth-order valence-corrected chi connectivity index (χ4v) is 2.48. The van der Waals surface area contributed by atoms with Crippen molar-refractivity contribution in [1.29, 1.82) is 5.26 Å². The zero-order chi connectivity index (χ0) is 11.4. The molecule has 0 bridgehead atoms. The Bertz CT molecular complexity index is 369. The Kier molecular flexibility index (Phi) is 3.55. The molecule has 1 aromatic heterocycles. The number of aromatic nitrogens is 3. The first-order valence-electron chi connectivity index (χ1n) is 6.11. The lowest BCUT2D eigenvalue weighted by Gasteiger charge is -2.25. The van der Waals surface area contributed by atoms with Crippen molar-refractivity contribution in [3.05, 3.63) is 11.6 Å². The lowest BCUT2D eigenvalue weighted by Crippen LogP contribution is -2.13. The summed E-state index contributed by atoms with van der Waals surface area (Å²) in [5.74, 6) is 3.02. The van der Waals surface area contributed by atoms with Gasteiger partial charge < -0.3 is 0 Å². The van der Waals surface area contributed by atoms with E-state index >= 15 is 0 Å². The Morgan fingerprint density at radius 3 is 2.75 bits per heavy atom. The van der Waals surface area contributed by atoms with Crippen molar-refractivity contribution in [2.45, 2.75) is 51.4 Å². The molecule has 86 valence electrons. The molecule has 1 saturated carbocycles. The van der Waals surface area contributed by atoms with Crippen molar-refractivity contribution in [1.82, 2.24) is 15.2 Å². The van der Waals surface area contributed by atoms with Gasteiger partial charge in [-0.15, -0.1) is 0 Å². The molecule has 0 saturated heterocycles. The molecule has 1 aromatic rings. The van der Waals surface area contributed by atoms with Crippen molar-refractivity contribution in [3.63, 3.8) is 0 Å². The number of nitrogens with one attached hydrogen (secondary N) is 1. The Balaban J connectivity index is 1.95. The van der Waals surface area contributed by atoms with E-state index in [0.29, 0.717) is 18.2 Å². The monoisotopic (exact) mass is 218 g/mol. The molecular formula is C12H18N4. The van der Waals surface area contributed by atoms with E-state index in [1.165, 1.54) is 32.1 Å². The number of hydrogen-bond acceptors (Lipinski definition) is 3. The highest BCUT2D eigenvalue weighted by molar-refractivity contribution is 5.02. The van der Waals surface area contributed by atoms with Crippen LogP contribution in [0.3, 0.4) is 0 Å². The van der Waals surface area contributed by atoms with Crippen LogP contribution in [0.25, 0.3) is 0 Å². The Labute approximate surface area is 96.1 Å². The van der Waals surface area contributed by atoms with Gasteiger partial charge in [-0.1, -0.05) is 13.3 Å². The third-order valence-electron chi connectivity index (χ3n) is 3.58. The van der Waals surface area contributed by atoms with E-state index in [9.17, 15) is 0 Å². The summed E-state index contributed by atoms with van der Waals surface area (Å²) < 4.78 is 0. The third-order valence-corrected chi connectivity index (χ3v) is 3.58. The van der Waals surface area contributed by atoms with Gasteiger partial charge in [0.1, 0.15) is 5.82 Å². The second kappa shape index (κ2) is 5.11. The van der Waals surface area contributed by atoms with Crippen LogP contribution >= 0.6 is 0 Å². The van der Waals surface area contributed by atoms with Crippen molar-refractivity contribution in [3.8, 4) is 6.07 Å². The second-order valence-corrected chi connectivity index (χ2v) is 4.60. The Hall–Kier alpha value is -1.37. The number of nitrogens with zero attached hydrogens (tertiary/aromatic N) is 3. The summed E-state index contributed by atoms with van der Waals surface area (Å²) in [7, 11) is 0. The maximum Gasteiger partial charge on any atom is 0.153 e. The second-order valence-electron chi connectivity index (χ2n) is 4.60. The number of nitriles is 1. The highest BCUT2D eigenvalue weighted by Gasteiger charge is 2.24. The van der Waals surface area contributed by atoms with Crippen LogP contribution < -0.4 is 0 Å². The van der Waals surface area contributed by atoms with Crippen LogP contribution in [0.5, 0.6) is 0 Å². The number of H-pyrrole nitrogens is 1. The number of aromatic amines is 1. The first-order chi connectivity index (χ1) is 7.83. The first kappa shape index (κ1) is 11.1. The van der Waals surface area contributed by atoms with E-state index in [0.717, 1.165) is 11.7 Å². The molecule has 4 heteroatoms. The van der Waals surface area contributed by atoms with Gasteiger partial charge in [-0.25, -0.2) is 4.98 Å². The van der Waals surface area contributed by atoms with Gasteiger partial charge in [0.2, 0.25) is 0 Å². The van der Waals surface area contributed by atoms with Gasteiger partial charge in [0.15, 0.2) is 5.82 Å². The van der Waals surface area contributed by atoms with E-state index in [1.807, 2.05) is 0 Å². The summed E-state index contributed by atoms with van der Waals surface area (Å²) in [5, 5.41) is 15.6. The quantitative estimate of drug-likeness (QED) is 0.847. The first-order valence-corrected chi connectivity index (χ1v) is 6.11. The largest absolute Gasteiger partial charge is 0.262 e. The van der Waals surface area contributed by atoms with Crippen molar-refractivity contribution in [2.75, 3.05) is 0 Å². The van der Waals surface area contributed by atoms with Gasteiger partial charge in [-0.05, 0) is 31.6 Å². The Morgan fingerprint density at radius 2 is 2.12 bits per heavy atom. The molecule has 1 aliphatic carbocycles.